The van der Waals surface area contributed by atoms with Crippen molar-refractivity contribution in [2.45, 2.75) is 30.7 Å². The molecule has 8 nitrogen and oxygen atoms in total. The Morgan fingerprint density at radius 3 is 2.88 bits per heavy atom. The third-order valence-electron chi connectivity index (χ3n) is 3.79. The summed E-state index contributed by atoms with van der Waals surface area (Å²) >= 11 is 0. The lowest BCUT2D eigenvalue weighted by molar-refractivity contribution is -0.143. The van der Waals surface area contributed by atoms with Gasteiger partial charge in [0.05, 0.1) is 23.1 Å². The molecular formula is C16H19N3O5S. The standard InChI is InChI=1S/C16H19N3O5S/c1-2-24-15(20)11-18-16(21)14-7-4-8-19(14)25(22,23)13-6-3-5-12(9-13)10-17/h3,5-6,9,14H,2,4,7-8,11H2,1H3,(H,18,21). The molecule has 1 fully saturated rings. The summed E-state index contributed by atoms with van der Waals surface area (Å²) < 4.78 is 31.4. The SMILES string of the molecule is CCOC(=O)CNC(=O)C1CCCN1S(=O)(=O)c1cccc(C#N)c1. The van der Waals surface area contributed by atoms with Crippen molar-refractivity contribution >= 4 is 21.9 Å². The van der Waals surface area contributed by atoms with E-state index in [1.807, 2.05) is 6.07 Å². The number of nitriles is 1. The van der Waals surface area contributed by atoms with Crippen molar-refractivity contribution < 1.29 is 22.7 Å². The zero-order chi connectivity index (χ0) is 18.4. The minimum Gasteiger partial charge on any atom is -0.465 e. The molecule has 0 bridgehead atoms. The number of hydrogen-bond acceptors (Lipinski definition) is 6. The van der Waals surface area contributed by atoms with E-state index in [0.29, 0.717) is 12.8 Å². The van der Waals surface area contributed by atoms with E-state index in [4.69, 9.17) is 10.00 Å². The average molecular weight is 365 g/mol. The number of amides is 1. The Kier molecular flexibility index (Phi) is 6.12. The largest absolute Gasteiger partial charge is 0.465 e. The highest BCUT2D eigenvalue weighted by atomic mass is 32.2. The normalized spacial score (nSPS) is 17.7. The molecule has 2 rings (SSSR count). The molecule has 0 spiro atoms. The molecule has 25 heavy (non-hydrogen) atoms. The molecule has 1 aliphatic heterocycles. The first-order valence-corrected chi connectivity index (χ1v) is 9.29. The van der Waals surface area contributed by atoms with Crippen molar-refractivity contribution in [2.75, 3.05) is 19.7 Å². The van der Waals surface area contributed by atoms with Crippen LogP contribution in [-0.2, 0) is 24.3 Å². The summed E-state index contributed by atoms with van der Waals surface area (Å²) in [4.78, 5) is 23.6. The van der Waals surface area contributed by atoms with E-state index in [0.717, 1.165) is 4.31 Å². The summed E-state index contributed by atoms with van der Waals surface area (Å²) in [5.74, 6) is -1.12. The zero-order valence-corrected chi connectivity index (χ0v) is 14.6. The number of sulfonamides is 1. The van der Waals surface area contributed by atoms with Crippen LogP contribution in [0, 0.1) is 11.3 Å². The van der Waals surface area contributed by atoms with Crippen LogP contribution in [0.4, 0.5) is 0 Å². The summed E-state index contributed by atoms with van der Waals surface area (Å²) in [6.45, 7) is 1.76. The molecule has 1 amide bonds. The lowest BCUT2D eigenvalue weighted by atomic mass is 10.2. The number of ether oxygens (including phenoxy) is 1. The predicted octanol–water partition coefficient (Wildman–Crippen LogP) is 0.391. The Balaban J connectivity index is 2.15. The highest BCUT2D eigenvalue weighted by molar-refractivity contribution is 7.89. The quantitative estimate of drug-likeness (QED) is 0.729. The van der Waals surface area contributed by atoms with E-state index in [2.05, 4.69) is 5.32 Å². The molecule has 1 aliphatic rings. The highest BCUT2D eigenvalue weighted by Crippen LogP contribution is 2.26. The molecular weight excluding hydrogens is 346 g/mol. The number of rotatable bonds is 6. The molecule has 0 aromatic heterocycles. The lowest BCUT2D eigenvalue weighted by Gasteiger charge is -2.23. The van der Waals surface area contributed by atoms with Gasteiger partial charge in [0, 0.05) is 6.54 Å². The molecule has 134 valence electrons. The van der Waals surface area contributed by atoms with Crippen molar-refractivity contribution in [3.05, 3.63) is 29.8 Å². The molecule has 1 N–H and O–H groups in total. The zero-order valence-electron chi connectivity index (χ0n) is 13.8. The van der Waals surface area contributed by atoms with Gasteiger partial charge >= 0.3 is 5.97 Å². The molecule has 0 saturated carbocycles. The van der Waals surface area contributed by atoms with Gasteiger partial charge in [-0.15, -0.1) is 0 Å². The number of hydrogen-bond donors (Lipinski definition) is 1. The van der Waals surface area contributed by atoms with Crippen LogP contribution in [0.25, 0.3) is 0 Å². The molecule has 1 unspecified atom stereocenters. The van der Waals surface area contributed by atoms with Crippen LogP contribution in [-0.4, -0.2) is 50.3 Å². The van der Waals surface area contributed by atoms with Crippen LogP contribution in [0.5, 0.6) is 0 Å². The smallest absolute Gasteiger partial charge is 0.325 e. The lowest BCUT2D eigenvalue weighted by Crippen LogP contribution is -2.47. The number of esters is 1. The van der Waals surface area contributed by atoms with E-state index in [1.54, 1.807) is 6.92 Å². The van der Waals surface area contributed by atoms with Crippen molar-refractivity contribution in [1.82, 2.24) is 9.62 Å². The number of carbonyl (C=O) groups excluding carboxylic acids is 2. The maximum atomic E-state index is 12.8. The van der Waals surface area contributed by atoms with Gasteiger partial charge in [-0.25, -0.2) is 8.42 Å². The van der Waals surface area contributed by atoms with Crippen LogP contribution in [0.3, 0.4) is 0 Å². The van der Waals surface area contributed by atoms with E-state index in [1.165, 1.54) is 24.3 Å². The monoisotopic (exact) mass is 365 g/mol. The second-order valence-electron chi connectivity index (χ2n) is 5.44. The van der Waals surface area contributed by atoms with Crippen LogP contribution in [0.1, 0.15) is 25.3 Å². The van der Waals surface area contributed by atoms with Crippen LogP contribution < -0.4 is 5.32 Å². The van der Waals surface area contributed by atoms with Crippen molar-refractivity contribution in [3.63, 3.8) is 0 Å². The van der Waals surface area contributed by atoms with E-state index >= 15 is 0 Å². The Morgan fingerprint density at radius 2 is 2.20 bits per heavy atom. The Labute approximate surface area is 146 Å². The fourth-order valence-corrected chi connectivity index (χ4v) is 4.34. The summed E-state index contributed by atoms with van der Waals surface area (Å²) in [5, 5.41) is 11.3. The summed E-state index contributed by atoms with van der Waals surface area (Å²) in [6, 6.07) is 6.67. The molecule has 1 atom stereocenters. The molecule has 9 heteroatoms. The fraction of sp³-hybridized carbons (Fsp3) is 0.438. The predicted molar refractivity (Wildman–Crippen MR) is 87.7 cm³/mol. The maximum absolute atomic E-state index is 12.8. The number of carbonyl (C=O) groups is 2. The Bertz CT molecular complexity index is 800. The van der Waals surface area contributed by atoms with Crippen LogP contribution in [0.2, 0.25) is 0 Å². The molecule has 1 heterocycles. The Hall–Kier alpha value is -2.44. The molecule has 0 aliphatic carbocycles. The number of benzene rings is 1. The van der Waals surface area contributed by atoms with Gasteiger partial charge in [-0.1, -0.05) is 6.07 Å². The van der Waals surface area contributed by atoms with Crippen LogP contribution in [0.15, 0.2) is 29.2 Å². The Morgan fingerprint density at radius 1 is 1.44 bits per heavy atom. The second-order valence-corrected chi connectivity index (χ2v) is 7.33. The van der Waals surface area contributed by atoms with E-state index in [9.17, 15) is 18.0 Å². The topological polar surface area (TPSA) is 117 Å². The van der Waals surface area contributed by atoms with Crippen molar-refractivity contribution in [2.24, 2.45) is 0 Å². The molecule has 1 aromatic carbocycles. The van der Waals surface area contributed by atoms with E-state index < -0.39 is 27.9 Å². The maximum Gasteiger partial charge on any atom is 0.325 e. The van der Waals surface area contributed by atoms with Crippen LogP contribution >= 0.6 is 0 Å². The fourth-order valence-electron chi connectivity index (χ4n) is 2.64. The average Bonchev–Trinajstić information content (AvgIpc) is 3.10. The number of nitrogens with zero attached hydrogens (tertiary/aromatic N) is 2. The second kappa shape index (κ2) is 8.09. The van der Waals surface area contributed by atoms with Crippen molar-refractivity contribution in [1.29, 1.82) is 5.26 Å². The van der Waals surface area contributed by atoms with Gasteiger partial charge in [0.25, 0.3) is 0 Å². The summed E-state index contributed by atoms with van der Waals surface area (Å²) in [5.41, 5.74) is 0.226. The minimum atomic E-state index is -3.91. The first-order valence-electron chi connectivity index (χ1n) is 7.85. The first kappa shape index (κ1) is 18.9. The van der Waals surface area contributed by atoms with Gasteiger partial charge < -0.3 is 10.1 Å². The summed E-state index contributed by atoms with van der Waals surface area (Å²) in [7, 11) is -3.91. The molecule has 0 radical (unpaired) electrons. The van der Waals surface area contributed by atoms with Gasteiger partial charge in [0.15, 0.2) is 0 Å². The van der Waals surface area contributed by atoms with Gasteiger partial charge in [0.2, 0.25) is 15.9 Å². The van der Waals surface area contributed by atoms with Gasteiger partial charge in [-0.05, 0) is 38.0 Å². The minimum absolute atomic E-state index is 0.0309. The molecule has 1 saturated heterocycles. The highest BCUT2D eigenvalue weighted by Gasteiger charge is 2.39. The molecule has 1 aromatic rings. The van der Waals surface area contributed by atoms with Gasteiger partial charge in [-0.2, -0.15) is 9.57 Å². The summed E-state index contributed by atoms with van der Waals surface area (Å²) in [6.07, 6.45) is 0.903. The third kappa shape index (κ3) is 4.35. The number of nitrogens with one attached hydrogen (secondary N) is 1. The first-order chi connectivity index (χ1) is 11.9. The van der Waals surface area contributed by atoms with Gasteiger partial charge in [0.1, 0.15) is 12.6 Å². The van der Waals surface area contributed by atoms with Gasteiger partial charge in [-0.3, -0.25) is 9.59 Å². The van der Waals surface area contributed by atoms with E-state index in [-0.39, 0.29) is 30.2 Å². The third-order valence-corrected chi connectivity index (χ3v) is 5.69. The van der Waals surface area contributed by atoms with Crippen molar-refractivity contribution in [3.8, 4) is 6.07 Å².